The van der Waals surface area contributed by atoms with E-state index in [9.17, 15) is 13.0 Å². The van der Waals surface area contributed by atoms with Crippen LogP contribution in [0.2, 0.25) is 0 Å². The van der Waals surface area contributed by atoms with E-state index in [2.05, 4.69) is 0 Å². The number of nitrogens with zero attached hydrogens (tertiary/aromatic N) is 1. The molecule has 0 spiro atoms. The summed E-state index contributed by atoms with van der Waals surface area (Å²) in [5, 5.41) is 0. The SMILES string of the molecule is C[C@@H](CC1SCCCS1)N(Cc1ccccc1)S(=O)(=O)[O-].[Li+]. The summed E-state index contributed by atoms with van der Waals surface area (Å²) in [6.45, 7) is 1.98. The fourth-order valence-electron chi connectivity index (χ4n) is 2.29. The Labute approximate surface area is 153 Å². The maximum atomic E-state index is 11.6. The van der Waals surface area contributed by atoms with Gasteiger partial charge in [-0.1, -0.05) is 30.3 Å². The molecule has 0 amide bonds. The van der Waals surface area contributed by atoms with Crippen molar-refractivity contribution in [3.05, 3.63) is 35.9 Å². The van der Waals surface area contributed by atoms with Gasteiger partial charge in [0, 0.05) is 12.6 Å². The Bertz CT molecular complexity index is 536. The van der Waals surface area contributed by atoms with E-state index in [1.54, 1.807) is 0 Å². The van der Waals surface area contributed by atoms with Gasteiger partial charge in [0.25, 0.3) is 0 Å². The van der Waals surface area contributed by atoms with Gasteiger partial charge in [0.15, 0.2) is 10.3 Å². The average molecular weight is 353 g/mol. The first-order valence-electron chi connectivity index (χ1n) is 6.96. The van der Waals surface area contributed by atoms with Crippen molar-refractivity contribution in [2.75, 3.05) is 11.5 Å². The van der Waals surface area contributed by atoms with Gasteiger partial charge in [-0.3, -0.25) is 0 Å². The first-order chi connectivity index (χ1) is 9.97. The molecule has 1 fully saturated rings. The second-order valence-corrected chi connectivity index (χ2v) is 9.34. The van der Waals surface area contributed by atoms with Gasteiger partial charge in [0.1, 0.15) is 0 Å². The molecule has 0 bridgehead atoms. The molecule has 1 aliphatic rings. The molecule has 8 heteroatoms. The van der Waals surface area contributed by atoms with Crippen molar-refractivity contribution in [1.82, 2.24) is 4.31 Å². The molecule has 0 unspecified atom stereocenters. The molecule has 1 atom stereocenters. The van der Waals surface area contributed by atoms with Crippen molar-refractivity contribution in [3.8, 4) is 0 Å². The molecule has 1 heterocycles. The fourth-order valence-corrected chi connectivity index (χ4v) is 6.24. The van der Waals surface area contributed by atoms with Crippen molar-refractivity contribution in [2.24, 2.45) is 0 Å². The summed E-state index contributed by atoms with van der Waals surface area (Å²) in [5.74, 6) is 2.24. The van der Waals surface area contributed by atoms with Crippen LogP contribution in [0.1, 0.15) is 25.3 Å². The third kappa shape index (κ3) is 6.48. The van der Waals surface area contributed by atoms with Crippen LogP contribution in [-0.4, -0.2) is 39.4 Å². The minimum Gasteiger partial charge on any atom is -0.735 e. The summed E-state index contributed by atoms with van der Waals surface area (Å²) in [6.07, 6.45) is 1.91. The first kappa shape index (κ1) is 20.4. The number of hydrogen-bond acceptors (Lipinski definition) is 5. The largest absolute Gasteiger partial charge is 1.00 e. The van der Waals surface area contributed by atoms with Crippen molar-refractivity contribution < 1.29 is 31.8 Å². The van der Waals surface area contributed by atoms with Crippen molar-refractivity contribution in [3.63, 3.8) is 0 Å². The minimum absolute atomic E-state index is 0. The Morgan fingerprint density at radius 3 is 2.41 bits per heavy atom. The van der Waals surface area contributed by atoms with Crippen molar-refractivity contribution in [2.45, 2.75) is 36.9 Å². The Kier molecular flexibility index (Phi) is 8.94. The summed E-state index contributed by atoms with van der Waals surface area (Å²) in [5.41, 5.74) is 0.840. The molecule has 2 rings (SSSR count). The maximum absolute atomic E-state index is 11.6. The molecule has 0 aromatic heterocycles. The summed E-state index contributed by atoms with van der Waals surface area (Å²) >= 11 is 3.73. The van der Waals surface area contributed by atoms with E-state index in [1.807, 2.05) is 60.8 Å². The standard InChI is InChI=1S/C14H21NO3S3.Li/c1-12(10-14-19-8-5-9-20-14)15(21(16,17)18)11-13-6-3-2-4-7-13;/h2-4,6-7,12,14H,5,8-11H2,1H3,(H,16,17,18);/q;+1/p-1/t12-;/m0./s1. The van der Waals surface area contributed by atoms with Gasteiger partial charge in [-0.05, 0) is 36.8 Å². The molecular weight excluding hydrogens is 333 g/mol. The molecule has 1 aromatic carbocycles. The van der Waals surface area contributed by atoms with Crippen LogP contribution in [0, 0.1) is 0 Å². The molecule has 4 nitrogen and oxygen atoms in total. The molecule has 0 N–H and O–H groups in total. The zero-order valence-corrected chi connectivity index (χ0v) is 15.4. The van der Waals surface area contributed by atoms with Gasteiger partial charge in [-0.15, -0.1) is 23.5 Å². The second-order valence-electron chi connectivity index (χ2n) is 5.10. The molecule has 0 aliphatic carbocycles. The minimum atomic E-state index is -4.45. The van der Waals surface area contributed by atoms with Crippen LogP contribution in [0.3, 0.4) is 0 Å². The van der Waals surface area contributed by atoms with Crippen LogP contribution in [-0.2, 0) is 16.8 Å². The predicted molar refractivity (Wildman–Crippen MR) is 89.1 cm³/mol. The molecule has 0 saturated carbocycles. The van der Waals surface area contributed by atoms with E-state index < -0.39 is 10.3 Å². The third-order valence-corrected chi connectivity index (χ3v) is 7.45. The predicted octanol–water partition coefficient (Wildman–Crippen LogP) is -0.0724. The summed E-state index contributed by atoms with van der Waals surface area (Å²) in [7, 11) is -4.45. The number of rotatable bonds is 6. The quantitative estimate of drug-likeness (QED) is 0.529. The smallest absolute Gasteiger partial charge is 0.735 e. The van der Waals surface area contributed by atoms with Crippen molar-refractivity contribution >= 4 is 33.8 Å². The van der Waals surface area contributed by atoms with Crippen LogP contribution in [0.25, 0.3) is 0 Å². The molecule has 0 radical (unpaired) electrons. The summed E-state index contributed by atoms with van der Waals surface area (Å²) < 4.78 is 36.2. The average Bonchev–Trinajstić information content (AvgIpc) is 2.45. The van der Waals surface area contributed by atoms with Crippen molar-refractivity contribution in [1.29, 1.82) is 0 Å². The van der Waals surface area contributed by atoms with E-state index in [4.69, 9.17) is 0 Å². The monoisotopic (exact) mass is 353 g/mol. The van der Waals surface area contributed by atoms with Crippen LogP contribution in [0.5, 0.6) is 0 Å². The molecule has 118 valence electrons. The molecule has 1 aromatic rings. The normalized spacial score (nSPS) is 18.0. The van der Waals surface area contributed by atoms with Crippen LogP contribution < -0.4 is 18.9 Å². The zero-order chi connectivity index (χ0) is 15.3. The Hall–Kier alpha value is 0.387. The van der Waals surface area contributed by atoms with Gasteiger partial charge in [-0.25, -0.2) is 12.7 Å². The second kappa shape index (κ2) is 9.63. The molecule has 22 heavy (non-hydrogen) atoms. The van der Waals surface area contributed by atoms with E-state index in [0.29, 0.717) is 11.0 Å². The van der Waals surface area contributed by atoms with Gasteiger partial charge in [0.05, 0.1) is 4.58 Å². The van der Waals surface area contributed by atoms with Crippen LogP contribution >= 0.6 is 23.5 Å². The van der Waals surface area contributed by atoms with E-state index in [1.165, 1.54) is 6.42 Å². The van der Waals surface area contributed by atoms with E-state index >= 15 is 0 Å². The van der Waals surface area contributed by atoms with E-state index in [0.717, 1.165) is 21.4 Å². The van der Waals surface area contributed by atoms with Gasteiger partial charge in [-0.2, -0.15) is 0 Å². The molecule has 1 saturated heterocycles. The Morgan fingerprint density at radius 2 is 1.86 bits per heavy atom. The number of thioether (sulfide) groups is 2. The van der Waals surface area contributed by atoms with Gasteiger partial charge >= 0.3 is 18.9 Å². The molecule has 1 aliphatic heterocycles. The zero-order valence-electron chi connectivity index (χ0n) is 13.0. The number of hydrogen-bond donors (Lipinski definition) is 0. The Morgan fingerprint density at radius 1 is 1.27 bits per heavy atom. The number of benzene rings is 1. The third-order valence-electron chi connectivity index (χ3n) is 3.39. The van der Waals surface area contributed by atoms with E-state index in [-0.39, 0.29) is 31.4 Å². The van der Waals surface area contributed by atoms with Crippen LogP contribution in [0.15, 0.2) is 30.3 Å². The topological polar surface area (TPSA) is 60.4 Å². The van der Waals surface area contributed by atoms with Gasteiger partial charge < -0.3 is 4.55 Å². The van der Waals surface area contributed by atoms with Gasteiger partial charge in [0.2, 0.25) is 0 Å². The maximum Gasteiger partial charge on any atom is 1.00 e. The molecular formula is C14H20LiNO3S3. The summed E-state index contributed by atoms with van der Waals surface area (Å²) in [4.78, 5) is 0. The Balaban J connectivity index is 0.00000242. The summed E-state index contributed by atoms with van der Waals surface area (Å²) in [6, 6.07) is 8.98. The first-order valence-corrected chi connectivity index (χ1v) is 10.4. The van der Waals surface area contributed by atoms with Crippen LogP contribution in [0.4, 0.5) is 0 Å². The fraction of sp³-hybridized carbons (Fsp3) is 0.571.